The maximum Gasteiger partial charge on any atom is 0.317 e. The molecule has 6 N–H and O–H groups in total. The number of hydrogen-bond donors (Lipinski definition) is 6. The molecule has 0 heterocycles. The second-order valence-corrected chi connectivity index (χ2v) is 9.99. The summed E-state index contributed by atoms with van der Waals surface area (Å²) in [5.41, 5.74) is 1.10. The molecule has 1 aromatic carbocycles. The number of nitrogens with one attached hydrogen (secondary N) is 1. The number of carbonyl (C=O) groups excluding carboxylic acids is 2. The number of Topliss-reactive ketones (excluding diaryl/α,β-unsaturated/α-hetero) is 1. The summed E-state index contributed by atoms with van der Waals surface area (Å²) in [4.78, 5) is 73.6. The lowest BCUT2D eigenvalue weighted by atomic mass is 10.0. The Morgan fingerprint density at radius 1 is 0.744 bits per heavy atom. The van der Waals surface area contributed by atoms with Crippen LogP contribution in [-0.4, -0.2) is 134 Å². The molecule has 0 saturated carbocycles. The molecule has 43 heavy (non-hydrogen) atoms. The van der Waals surface area contributed by atoms with Crippen molar-refractivity contribution in [1.29, 1.82) is 0 Å². The highest BCUT2D eigenvalue weighted by molar-refractivity contribution is 5.93. The van der Waals surface area contributed by atoms with Crippen LogP contribution in [0.3, 0.4) is 0 Å². The number of carboxylic acids is 4. The first-order chi connectivity index (χ1) is 20.2. The predicted molar refractivity (Wildman–Crippen MR) is 154 cm³/mol. The maximum absolute atomic E-state index is 12.1. The van der Waals surface area contributed by atoms with E-state index in [1.165, 1.54) is 14.7 Å². The molecule has 238 valence electrons. The first kappa shape index (κ1) is 36.7. The Kier molecular flexibility index (Phi) is 16.2. The zero-order valence-electron chi connectivity index (χ0n) is 24.1. The van der Waals surface area contributed by atoms with Crippen molar-refractivity contribution >= 4 is 41.3 Å². The summed E-state index contributed by atoms with van der Waals surface area (Å²) in [5.74, 6) is -5.62. The Bertz CT molecular complexity index is 1110. The lowest BCUT2D eigenvalue weighted by Gasteiger charge is -2.34. The van der Waals surface area contributed by atoms with Gasteiger partial charge in [-0.15, -0.1) is 0 Å². The molecule has 0 aliphatic carbocycles. The topological polar surface area (TPSA) is 225 Å². The monoisotopic (exact) mass is 608 g/mol. The number of ketones is 1. The number of hydrogen-bond acceptors (Lipinski definition) is 10. The van der Waals surface area contributed by atoms with Crippen LogP contribution in [0, 0.1) is 0 Å². The van der Waals surface area contributed by atoms with Crippen molar-refractivity contribution in [1.82, 2.24) is 14.7 Å². The smallest absolute Gasteiger partial charge is 0.317 e. The van der Waals surface area contributed by atoms with Crippen LogP contribution in [0.5, 0.6) is 0 Å². The molecule has 1 amide bonds. The van der Waals surface area contributed by atoms with Gasteiger partial charge in [0.1, 0.15) is 5.78 Å². The Hall–Kier alpha value is -4.34. The van der Waals surface area contributed by atoms with Crippen molar-refractivity contribution in [3.8, 4) is 0 Å². The molecular weight excluding hydrogens is 568 g/mol. The lowest BCUT2D eigenvalue weighted by Crippen LogP contribution is -2.51. The van der Waals surface area contributed by atoms with Crippen LogP contribution >= 0.6 is 0 Å². The van der Waals surface area contributed by atoms with Gasteiger partial charge < -0.3 is 30.8 Å². The molecule has 15 nitrogen and oxygen atoms in total. The average molecular weight is 609 g/mol. The Morgan fingerprint density at radius 2 is 1.26 bits per heavy atom. The van der Waals surface area contributed by atoms with Crippen LogP contribution in [0.25, 0.3) is 0 Å². The summed E-state index contributed by atoms with van der Waals surface area (Å²) in [6.07, 6.45) is 0.612. The van der Waals surface area contributed by atoms with Crippen LogP contribution in [0.15, 0.2) is 36.6 Å². The van der Waals surface area contributed by atoms with Crippen molar-refractivity contribution in [2.24, 2.45) is 0 Å². The third kappa shape index (κ3) is 16.6. The van der Waals surface area contributed by atoms with E-state index < -0.39 is 56.1 Å². The van der Waals surface area contributed by atoms with E-state index >= 15 is 0 Å². The molecular formula is C28H40N4O11. The number of amides is 1. The second-order valence-electron chi connectivity index (χ2n) is 9.99. The molecule has 0 spiro atoms. The minimum atomic E-state index is -1.29. The summed E-state index contributed by atoms with van der Waals surface area (Å²) in [5, 5.41) is 49.8. The van der Waals surface area contributed by atoms with E-state index in [1.807, 2.05) is 0 Å². The standard InChI is InChI=1S/C28H40N4O11/c1-3-23(34)8-9-24(35)29-21-6-4-20(5-7-21)12-22(32(17-27(40)41)18-28(42)43)14-31(16-26(38)39)11-10-30(13-19(2)33)15-25(36)37/h4-7,22,33H,2-3,8-18H2,1H3,(H,29,35)(H,36,37)(H,38,39)(H,40,41)(H,42,43). The van der Waals surface area contributed by atoms with Crippen molar-refractivity contribution in [3.63, 3.8) is 0 Å². The summed E-state index contributed by atoms with van der Waals surface area (Å²) < 4.78 is 0. The molecule has 0 aromatic heterocycles. The van der Waals surface area contributed by atoms with E-state index in [2.05, 4.69) is 11.9 Å². The third-order valence-electron chi connectivity index (χ3n) is 6.25. The molecule has 1 atom stereocenters. The fourth-order valence-corrected chi connectivity index (χ4v) is 4.29. The van der Waals surface area contributed by atoms with Crippen LogP contribution in [0.4, 0.5) is 5.69 Å². The Morgan fingerprint density at radius 3 is 1.74 bits per heavy atom. The highest BCUT2D eigenvalue weighted by Crippen LogP contribution is 2.16. The second kappa shape index (κ2) is 19.0. The van der Waals surface area contributed by atoms with Gasteiger partial charge in [-0.1, -0.05) is 25.6 Å². The minimum Gasteiger partial charge on any atom is -0.512 e. The van der Waals surface area contributed by atoms with E-state index in [1.54, 1.807) is 31.2 Å². The zero-order valence-corrected chi connectivity index (χ0v) is 24.1. The number of anilines is 1. The first-order valence-electron chi connectivity index (χ1n) is 13.5. The fourth-order valence-electron chi connectivity index (χ4n) is 4.29. The van der Waals surface area contributed by atoms with Gasteiger partial charge in [0.05, 0.1) is 38.5 Å². The molecule has 0 fully saturated rings. The van der Waals surface area contributed by atoms with Gasteiger partial charge in [0.25, 0.3) is 0 Å². The number of nitrogens with zero attached hydrogens (tertiary/aromatic N) is 3. The predicted octanol–water partition coefficient (Wildman–Crippen LogP) is 0.612. The summed E-state index contributed by atoms with van der Waals surface area (Å²) >= 11 is 0. The lowest BCUT2D eigenvalue weighted by molar-refractivity contribution is -0.144. The van der Waals surface area contributed by atoms with Crippen LogP contribution in [-0.2, 0) is 35.2 Å². The molecule has 0 aliphatic rings. The molecule has 1 aromatic rings. The van der Waals surface area contributed by atoms with Crippen molar-refractivity contribution in [2.75, 3.05) is 57.7 Å². The maximum atomic E-state index is 12.1. The Balaban J connectivity index is 3.19. The van der Waals surface area contributed by atoms with Gasteiger partial charge in [-0.3, -0.25) is 43.5 Å². The van der Waals surface area contributed by atoms with Gasteiger partial charge in [-0.2, -0.15) is 0 Å². The van der Waals surface area contributed by atoms with Gasteiger partial charge in [0.15, 0.2) is 0 Å². The van der Waals surface area contributed by atoms with Gasteiger partial charge in [0, 0.05) is 50.6 Å². The van der Waals surface area contributed by atoms with Crippen LogP contribution < -0.4 is 5.32 Å². The van der Waals surface area contributed by atoms with E-state index in [9.17, 15) is 49.2 Å². The highest BCUT2D eigenvalue weighted by atomic mass is 16.4. The zero-order chi connectivity index (χ0) is 32.5. The third-order valence-corrected chi connectivity index (χ3v) is 6.25. The van der Waals surface area contributed by atoms with E-state index in [0.29, 0.717) is 17.7 Å². The minimum absolute atomic E-state index is 0.00282. The van der Waals surface area contributed by atoms with Gasteiger partial charge in [-0.25, -0.2) is 0 Å². The normalized spacial score (nSPS) is 11.8. The highest BCUT2D eigenvalue weighted by Gasteiger charge is 2.27. The molecule has 15 heteroatoms. The molecule has 0 radical (unpaired) electrons. The Labute approximate surface area is 249 Å². The number of rotatable bonds is 23. The van der Waals surface area contributed by atoms with Crippen molar-refractivity contribution < 1.29 is 54.3 Å². The van der Waals surface area contributed by atoms with Gasteiger partial charge >= 0.3 is 23.9 Å². The van der Waals surface area contributed by atoms with E-state index in [4.69, 9.17) is 5.11 Å². The van der Waals surface area contributed by atoms with Crippen LogP contribution in [0.2, 0.25) is 0 Å². The molecule has 0 saturated heterocycles. The average Bonchev–Trinajstić information content (AvgIpc) is 2.89. The van der Waals surface area contributed by atoms with Gasteiger partial charge in [-0.05, 0) is 24.1 Å². The molecule has 0 bridgehead atoms. The van der Waals surface area contributed by atoms with Crippen LogP contribution in [0.1, 0.15) is 31.7 Å². The van der Waals surface area contributed by atoms with Crippen molar-refractivity contribution in [3.05, 3.63) is 42.2 Å². The number of aliphatic hydroxyl groups excluding tert-OH is 1. The molecule has 0 aliphatic heterocycles. The van der Waals surface area contributed by atoms with E-state index in [0.717, 1.165) is 0 Å². The molecule has 1 unspecified atom stereocenters. The summed E-state index contributed by atoms with van der Waals surface area (Å²) in [6, 6.07) is 5.72. The fraction of sp³-hybridized carbons (Fsp3) is 0.500. The quantitative estimate of drug-likeness (QED) is 0.0937. The molecule has 1 rings (SSSR count). The number of carboxylic acid groups (broad SMARTS) is 4. The number of benzene rings is 1. The first-order valence-corrected chi connectivity index (χ1v) is 13.5. The largest absolute Gasteiger partial charge is 0.512 e. The number of carbonyl (C=O) groups is 6. The summed E-state index contributed by atoms with van der Waals surface area (Å²) in [6.45, 7) is 2.59. The van der Waals surface area contributed by atoms with E-state index in [-0.39, 0.29) is 62.9 Å². The van der Waals surface area contributed by atoms with Gasteiger partial charge in [0.2, 0.25) is 5.91 Å². The number of aliphatic carboxylic acids is 4. The summed E-state index contributed by atoms with van der Waals surface area (Å²) in [7, 11) is 0. The SMILES string of the molecule is C=C(O)CN(CCN(CC(=O)O)CC(Cc1ccc(NC(=O)CCC(=O)CC)cc1)N(CC(=O)O)CC(=O)O)CC(=O)O. The van der Waals surface area contributed by atoms with Crippen molar-refractivity contribution in [2.45, 2.75) is 38.6 Å². The number of aliphatic hydroxyl groups is 1.